The lowest BCUT2D eigenvalue weighted by Crippen LogP contribution is -2.58. The molecule has 342 valence electrons. The Morgan fingerprint density at radius 1 is 1.08 bits per heavy atom. The average molecular weight is 922 g/mol. The number of carbonyl (C=O) groups excluding carboxylic acids is 3. The van der Waals surface area contributed by atoms with Crippen molar-refractivity contribution in [2.24, 2.45) is 5.92 Å². The zero-order valence-corrected chi connectivity index (χ0v) is 38.9. The van der Waals surface area contributed by atoms with Crippen molar-refractivity contribution in [1.29, 1.82) is 0 Å². The average Bonchev–Trinajstić information content (AvgIpc) is 3.85. The fourth-order valence-corrected chi connectivity index (χ4v) is 11.2. The summed E-state index contributed by atoms with van der Waals surface area (Å²) in [6.07, 6.45) is 11.2. The molecule has 2 aromatic carbocycles. The molecule has 3 aromatic heterocycles. The summed E-state index contributed by atoms with van der Waals surface area (Å²) in [5.74, 6) is -0.212. The van der Waals surface area contributed by atoms with E-state index >= 15 is 4.79 Å². The van der Waals surface area contributed by atoms with Crippen molar-refractivity contribution in [3.05, 3.63) is 83.7 Å². The van der Waals surface area contributed by atoms with Crippen LogP contribution in [0.15, 0.2) is 76.9 Å². The van der Waals surface area contributed by atoms with Gasteiger partial charge in [0.15, 0.2) is 0 Å². The number of aryl methyl sites for hydroxylation is 1. The summed E-state index contributed by atoms with van der Waals surface area (Å²) < 4.78 is 46.2. The number of carbonyl (C=O) groups is 3. The van der Waals surface area contributed by atoms with E-state index in [0.717, 1.165) is 52.9 Å². The topological polar surface area (TPSA) is 195 Å². The molecule has 4 aliphatic rings. The fraction of sp³-hybridized carbons (Fsp3) is 0.458. The maximum Gasteiger partial charge on any atom is 0.259 e. The van der Waals surface area contributed by atoms with Crippen molar-refractivity contribution in [2.45, 2.75) is 120 Å². The number of benzene rings is 2. The number of ether oxygens (including phenoxy) is 2. The molecule has 0 bridgehead atoms. The van der Waals surface area contributed by atoms with Crippen LogP contribution in [0.2, 0.25) is 0 Å². The minimum Gasteiger partial charge on any atom is -0.496 e. The van der Waals surface area contributed by atoms with E-state index in [1.807, 2.05) is 66.9 Å². The first-order valence-corrected chi connectivity index (χ1v) is 24.8. The third-order valence-corrected chi connectivity index (χ3v) is 16.4. The smallest absolute Gasteiger partial charge is 0.259 e. The Labute approximate surface area is 382 Å². The van der Waals surface area contributed by atoms with Gasteiger partial charge in [-0.1, -0.05) is 44.9 Å². The van der Waals surface area contributed by atoms with Crippen LogP contribution in [-0.2, 0) is 24.4 Å². The lowest BCUT2D eigenvalue weighted by molar-refractivity contribution is -0.140. The largest absolute Gasteiger partial charge is 0.496 e. The molecule has 3 fully saturated rings. The monoisotopic (exact) mass is 921 g/mol. The van der Waals surface area contributed by atoms with Crippen LogP contribution < -0.4 is 24.8 Å². The number of methoxy groups -OCH3 is 1. The van der Waals surface area contributed by atoms with E-state index in [9.17, 15) is 18.0 Å². The van der Waals surface area contributed by atoms with Gasteiger partial charge in [0.1, 0.15) is 52.2 Å². The van der Waals surface area contributed by atoms with E-state index in [2.05, 4.69) is 34.2 Å². The van der Waals surface area contributed by atoms with Crippen molar-refractivity contribution in [3.63, 3.8) is 0 Å². The lowest BCUT2D eigenvalue weighted by Gasteiger charge is -2.30. The van der Waals surface area contributed by atoms with Gasteiger partial charge in [-0.15, -0.1) is 11.3 Å². The standard InChI is InChI=1S/C48H55N7O8S2/c1-28(2)37-27-64-44(52-37)36-24-40(34-16-17-39(61-5)29(3)41(34)51-36)63-33-23-38-42(56)53-48(46(58)54-65(59,60)47(4)18-19-47)25-31(48)13-9-7-6-8-10-15-35(45(57)55(38)26-33)50-32-14-11-12-30(22-32)43-49-20-21-62-43/h9,11-14,16-17,20-22,24,27-28,31,33,35,38,50H,6-8,10,15,18-19,23,25-26H2,1-5H3,(H,53,56)(H,54,58)/b13-9-/t31-,33+,35-,38-,48+/m0/s1. The van der Waals surface area contributed by atoms with Gasteiger partial charge >= 0.3 is 0 Å². The van der Waals surface area contributed by atoms with Crippen LogP contribution in [0.3, 0.4) is 0 Å². The Bertz CT molecular complexity index is 2770. The van der Waals surface area contributed by atoms with E-state index in [1.54, 1.807) is 25.1 Å². The number of rotatable bonds is 11. The summed E-state index contributed by atoms with van der Waals surface area (Å²) in [6, 6.07) is 11.3. The van der Waals surface area contributed by atoms with Gasteiger partial charge in [-0.25, -0.2) is 23.4 Å². The Morgan fingerprint density at radius 2 is 1.91 bits per heavy atom. The van der Waals surface area contributed by atoms with Gasteiger partial charge in [0, 0.05) is 46.0 Å². The second-order valence-electron chi connectivity index (χ2n) is 18.3. The predicted molar refractivity (Wildman–Crippen MR) is 248 cm³/mol. The van der Waals surface area contributed by atoms with Gasteiger partial charge < -0.3 is 29.4 Å². The van der Waals surface area contributed by atoms with E-state index in [1.165, 1.54) is 17.6 Å². The number of nitrogens with one attached hydrogen (secondary N) is 3. The number of amides is 3. The molecule has 0 radical (unpaired) electrons. The Hall–Kier alpha value is -5.81. The molecular weight excluding hydrogens is 867 g/mol. The first kappa shape index (κ1) is 44.4. The molecule has 3 N–H and O–H groups in total. The molecule has 2 aliphatic heterocycles. The van der Waals surface area contributed by atoms with Gasteiger partial charge in [-0.05, 0) is 88.6 Å². The van der Waals surface area contributed by atoms with E-state index in [4.69, 9.17) is 23.9 Å². The van der Waals surface area contributed by atoms with Crippen LogP contribution in [0.25, 0.3) is 33.1 Å². The number of hydrogen-bond acceptors (Lipinski definition) is 13. The third-order valence-electron chi connectivity index (χ3n) is 13.4. The highest BCUT2D eigenvalue weighted by Gasteiger charge is 2.63. The van der Waals surface area contributed by atoms with Crippen molar-refractivity contribution >= 4 is 55.7 Å². The van der Waals surface area contributed by atoms with Crippen LogP contribution in [0, 0.1) is 12.8 Å². The number of sulfonamides is 1. The maximum absolute atomic E-state index is 15.2. The Morgan fingerprint density at radius 3 is 2.65 bits per heavy atom. The first-order valence-electron chi connectivity index (χ1n) is 22.4. The molecule has 0 unspecified atom stereocenters. The minimum atomic E-state index is -4.00. The number of pyridine rings is 1. The molecule has 5 atom stereocenters. The van der Waals surface area contributed by atoms with Crippen LogP contribution in [0.4, 0.5) is 5.69 Å². The quantitative estimate of drug-likeness (QED) is 0.110. The summed E-state index contributed by atoms with van der Waals surface area (Å²) >= 11 is 1.50. The number of allylic oxidation sites excluding steroid dienone is 1. The molecule has 9 rings (SSSR count). The zero-order chi connectivity index (χ0) is 45.7. The van der Waals surface area contributed by atoms with Crippen molar-refractivity contribution in [2.75, 3.05) is 19.0 Å². The molecule has 3 amide bonds. The zero-order valence-electron chi connectivity index (χ0n) is 37.3. The molecule has 5 heterocycles. The highest BCUT2D eigenvalue weighted by molar-refractivity contribution is 7.91. The molecule has 5 aromatic rings. The molecule has 0 spiro atoms. The maximum atomic E-state index is 15.2. The summed E-state index contributed by atoms with van der Waals surface area (Å²) in [5.41, 5.74) is 2.97. The number of oxazole rings is 1. The molecule has 15 nitrogen and oxygen atoms in total. The minimum absolute atomic E-state index is 0.0593. The number of nitrogens with zero attached hydrogens (tertiary/aromatic N) is 4. The second-order valence-corrected chi connectivity index (χ2v) is 21.4. The SMILES string of the molecule is COc1ccc2c(O[C@@H]3C[C@H]4C(=O)N[C@]5(C(=O)NS(=O)(=O)C6(C)CC6)C[C@@H]5/C=C\CCCCC[C@H](Nc5cccc(-c6ncco6)c5)C(=O)N4C3)cc(-c3nc(C(C)C)cs3)nc2c1C. The second kappa shape index (κ2) is 17.5. The molecule has 65 heavy (non-hydrogen) atoms. The molecule has 2 aliphatic carbocycles. The van der Waals surface area contributed by atoms with Crippen molar-refractivity contribution in [3.8, 4) is 33.7 Å². The Kier molecular flexibility index (Phi) is 12.0. The Balaban J connectivity index is 1.07. The number of anilines is 1. The van der Waals surface area contributed by atoms with Crippen LogP contribution in [-0.4, -0.2) is 88.1 Å². The van der Waals surface area contributed by atoms with Crippen molar-refractivity contribution in [1.82, 2.24) is 29.9 Å². The van der Waals surface area contributed by atoms with Crippen LogP contribution in [0.5, 0.6) is 11.5 Å². The lowest BCUT2D eigenvalue weighted by atomic mass is 10.0. The van der Waals surface area contributed by atoms with Gasteiger partial charge in [-0.3, -0.25) is 19.1 Å². The summed E-state index contributed by atoms with van der Waals surface area (Å²) in [6.45, 7) is 7.79. The third kappa shape index (κ3) is 8.84. The summed E-state index contributed by atoms with van der Waals surface area (Å²) in [4.78, 5) is 60.0. The normalized spacial score (nSPS) is 24.9. The van der Waals surface area contributed by atoms with Gasteiger partial charge in [0.05, 0.1) is 35.8 Å². The number of fused-ring (bicyclic) bond motifs is 3. The predicted octanol–water partition coefficient (Wildman–Crippen LogP) is 7.68. The van der Waals surface area contributed by atoms with Gasteiger partial charge in [0.25, 0.3) is 5.91 Å². The van der Waals surface area contributed by atoms with Crippen LogP contribution >= 0.6 is 11.3 Å². The van der Waals surface area contributed by atoms with E-state index in [0.29, 0.717) is 53.6 Å². The summed E-state index contributed by atoms with van der Waals surface area (Å²) in [7, 11) is -2.39. The first-order chi connectivity index (χ1) is 31.2. The molecule has 17 heteroatoms. The molecule has 1 saturated heterocycles. The highest BCUT2D eigenvalue weighted by Crippen LogP contribution is 2.48. The number of hydrogen-bond donors (Lipinski definition) is 3. The van der Waals surface area contributed by atoms with Crippen LogP contribution in [0.1, 0.15) is 95.7 Å². The van der Waals surface area contributed by atoms with E-state index < -0.39 is 56.2 Å². The van der Waals surface area contributed by atoms with Gasteiger partial charge in [-0.2, -0.15) is 0 Å². The fourth-order valence-electron chi connectivity index (χ4n) is 8.91. The highest BCUT2D eigenvalue weighted by atomic mass is 32.2. The summed E-state index contributed by atoms with van der Waals surface area (Å²) in [5, 5.41) is 9.97. The van der Waals surface area contributed by atoms with Gasteiger partial charge in [0.2, 0.25) is 27.7 Å². The number of thiazole rings is 1. The molecule has 2 saturated carbocycles. The van der Waals surface area contributed by atoms with E-state index in [-0.39, 0.29) is 31.2 Å². The van der Waals surface area contributed by atoms with Crippen molar-refractivity contribution < 1.29 is 36.7 Å². The number of aromatic nitrogens is 3. The molecular formula is C48H55N7O8S2.